The molecule has 0 aliphatic heterocycles. The van der Waals surface area contributed by atoms with Crippen molar-refractivity contribution in [1.82, 2.24) is 9.97 Å². The number of nitrogens with one attached hydrogen (secondary N) is 1. The van der Waals surface area contributed by atoms with E-state index in [1.165, 1.54) is 6.07 Å². The Balaban J connectivity index is 2.22. The van der Waals surface area contributed by atoms with Gasteiger partial charge in [0.25, 0.3) is 5.56 Å². The molecule has 2 aromatic heterocycles. The van der Waals surface area contributed by atoms with E-state index < -0.39 is 5.56 Å². The zero-order valence-electron chi connectivity index (χ0n) is 10.4. The molecule has 4 nitrogen and oxygen atoms in total. The Morgan fingerprint density at radius 1 is 1.24 bits per heavy atom. The predicted molar refractivity (Wildman–Crippen MR) is 84.6 cm³/mol. The molecular formula is C14H8Cl2N2O2S. The lowest BCUT2D eigenvalue weighted by Crippen LogP contribution is -2.08. The number of nitrogens with zero attached hydrogens (tertiary/aromatic N) is 1. The first-order valence-electron chi connectivity index (χ1n) is 5.89. The minimum absolute atomic E-state index is 0.144. The number of benzene rings is 1. The molecule has 0 atom stereocenters. The molecule has 0 fully saturated rings. The lowest BCUT2D eigenvalue weighted by atomic mass is 10.2. The van der Waals surface area contributed by atoms with Gasteiger partial charge in [0.2, 0.25) is 0 Å². The van der Waals surface area contributed by atoms with Gasteiger partial charge in [0, 0.05) is 11.2 Å². The molecule has 0 aliphatic carbocycles. The number of pyridine rings is 2. The minimum atomic E-state index is -0.422. The third-order valence-corrected chi connectivity index (χ3v) is 4.36. The smallest absolute Gasteiger partial charge is 0.266 e. The van der Waals surface area contributed by atoms with Crippen LogP contribution in [0.15, 0.2) is 51.2 Å². The van der Waals surface area contributed by atoms with Crippen molar-refractivity contribution >= 4 is 45.9 Å². The third-order valence-electron chi connectivity index (χ3n) is 2.81. The van der Waals surface area contributed by atoms with E-state index in [0.29, 0.717) is 21.0 Å². The highest BCUT2D eigenvalue weighted by Crippen LogP contribution is 2.39. The largest absolute Gasteiger partial charge is 0.506 e. The van der Waals surface area contributed by atoms with Crippen LogP contribution in [0.1, 0.15) is 0 Å². The van der Waals surface area contributed by atoms with Crippen molar-refractivity contribution in [2.24, 2.45) is 0 Å². The van der Waals surface area contributed by atoms with Crippen molar-refractivity contribution < 1.29 is 5.11 Å². The van der Waals surface area contributed by atoms with Gasteiger partial charge in [-0.3, -0.25) is 4.79 Å². The van der Waals surface area contributed by atoms with Crippen LogP contribution in [0.4, 0.5) is 0 Å². The van der Waals surface area contributed by atoms with Crippen LogP contribution in [0.3, 0.4) is 0 Å². The summed E-state index contributed by atoms with van der Waals surface area (Å²) in [5.74, 6) is -0.175. The van der Waals surface area contributed by atoms with Gasteiger partial charge in [-0.2, -0.15) is 0 Å². The van der Waals surface area contributed by atoms with E-state index in [1.807, 2.05) is 0 Å². The number of hydrogen-bond donors (Lipinski definition) is 2. The number of halogens is 2. The summed E-state index contributed by atoms with van der Waals surface area (Å²) in [6, 6.07) is 8.37. The summed E-state index contributed by atoms with van der Waals surface area (Å²) in [7, 11) is 0. The molecule has 0 spiro atoms. The number of aromatic nitrogens is 2. The Labute approximate surface area is 133 Å². The Hall–Kier alpha value is -1.69. The van der Waals surface area contributed by atoms with Gasteiger partial charge in [0.05, 0.1) is 15.9 Å². The summed E-state index contributed by atoms with van der Waals surface area (Å²) in [5.41, 5.74) is -0.0330. The average Bonchev–Trinajstić information content (AvgIpc) is 2.43. The van der Waals surface area contributed by atoms with Crippen molar-refractivity contribution in [3.63, 3.8) is 0 Å². The fourth-order valence-corrected chi connectivity index (χ4v) is 3.31. The lowest BCUT2D eigenvalue weighted by molar-refractivity contribution is 0.467. The molecular weight excluding hydrogens is 331 g/mol. The summed E-state index contributed by atoms with van der Waals surface area (Å²) in [4.78, 5) is 19.1. The minimum Gasteiger partial charge on any atom is -0.506 e. The van der Waals surface area contributed by atoms with Crippen LogP contribution in [0.2, 0.25) is 10.0 Å². The predicted octanol–water partition coefficient (Wildman–Crippen LogP) is 4.09. The van der Waals surface area contributed by atoms with Crippen LogP contribution in [0.25, 0.3) is 10.9 Å². The van der Waals surface area contributed by atoms with Gasteiger partial charge in [0.15, 0.2) is 0 Å². The maximum Gasteiger partial charge on any atom is 0.266 e. The van der Waals surface area contributed by atoms with E-state index in [1.54, 1.807) is 30.5 Å². The molecule has 0 saturated carbocycles. The van der Waals surface area contributed by atoms with Crippen LogP contribution in [-0.4, -0.2) is 15.1 Å². The third kappa shape index (κ3) is 2.72. The van der Waals surface area contributed by atoms with Crippen LogP contribution in [0.5, 0.6) is 5.75 Å². The molecule has 21 heavy (non-hydrogen) atoms. The van der Waals surface area contributed by atoms with Crippen LogP contribution < -0.4 is 5.56 Å². The molecule has 7 heteroatoms. The number of rotatable bonds is 2. The van der Waals surface area contributed by atoms with Crippen LogP contribution in [0, 0.1) is 0 Å². The molecule has 3 aromatic rings. The number of hydrogen-bond acceptors (Lipinski definition) is 4. The molecule has 0 amide bonds. The fourth-order valence-electron chi connectivity index (χ4n) is 1.92. The highest BCUT2D eigenvalue weighted by atomic mass is 35.5. The molecule has 1 aromatic carbocycles. The second kappa shape index (κ2) is 5.60. The van der Waals surface area contributed by atoms with E-state index >= 15 is 0 Å². The van der Waals surface area contributed by atoms with E-state index in [9.17, 15) is 9.90 Å². The van der Waals surface area contributed by atoms with Crippen molar-refractivity contribution in [3.8, 4) is 5.75 Å². The summed E-state index contributed by atoms with van der Waals surface area (Å²) in [6.07, 6.45) is 1.61. The first-order valence-corrected chi connectivity index (χ1v) is 7.46. The lowest BCUT2D eigenvalue weighted by Gasteiger charge is -2.08. The van der Waals surface area contributed by atoms with Crippen molar-refractivity contribution in [2.75, 3.05) is 0 Å². The Kier molecular flexibility index (Phi) is 3.80. The summed E-state index contributed by atoms with van der Waals surface area (Å²) in [5, 5.41) is 12.0. The van der Waals surface area contributed by atoms with Crippen LogP contribution in [-0.2, 0) is 0 Å². The van der Waals surface area contributed by atoms with Crippen LogP contribution >= 0.6 is 35.0 Å². The van der Waals surface area contributed by atoms with E-state index in [-0.39, 0.29) is 15.7 Å². The zero-order valence-corrected chi connectivity index (χ0v) is 12.8. The van der Waals surface area contributed by atoms with Crippen molar-refractivity contribution in [2.45, 2.75) is 9.92 Å². The molecule has 106 valence electrons. The quantitative estimate of drug-likeness (QED) is 0.738. The van der Waals surface area contributed by atoms with Crippen molar-refractivity contribution in [1.29, 1.82) is 0 Å². The molecule has 2 heterocycles. The Morgan fingerprint density at radius 2 is 2.05 bits per heavy atom. The maximum atomic E-state index is 12.1. The number of aromatic hydroxyl groups is 1. The topological polar surface area (TPSA) is 66.0 Å². The fraction of sp³-hybridized carbons (Fsp3) is 0. The van der Waals surface area contributed by atoms with Gasteiger partial charge >= 0.3 is 0 Å². The van der Waals surface area contributed by atoms with Gasteiger partial charge < -0.3 is 10.1 Å². The SMILES string of the molecule is O=c1[nH]c2cc(Cl)cc(Cl)c2c(O)c1Sc1ccccn1. The molecule has 2 N–H and O–H groups in total. The van der Waals surface area contributed by atoms with E-state index in [0.717, 1.165) is 11.8 Å². The monoisotopic (exact) mass is 338 g/mol. The Morgan fingerprint density at radius 3 is 2.76 bits per heavy atom. The van der Waals surface area contributed by atoms with E-state index in [4.69, 9.17) is 23.2 Å². The molecule has 0 saturated heterocycles. The average molecular weight is 339 g/mol. The molecule has 0 radical (unpaired) electrons. The zero-order chi connectivity index (χ0) is 15.0. The first kappa shape index (κ1) is 14.3. The van der Waals surface area contributed by atoms with Gasteiger partial charge in [-0.15, -0.1) is 0 Å². The Bertz CT molecular complexity index is 882. The van der Waals surface area contributed by atoms with Gasteiger partial charge in [-0.25, -0.2) is 4.98 Å². The highest BCUT2D eigenvalue weighted by Gasteiger charge is 2.16. The van der Waals surface area contributed by atoms with Gasteiger partial charge in [-0.05, 0) is 24.3 Å². The summed E-state index contributed by atoms with van der Waals surface area (Å²) >= 11 is 13.1. The maximum absolute atomic E-state index is 12.1. The summed E-state index contributed by atoms with van der Waals surface area (Å²) in [6.45, 7) is 0. The standard InChI is InChI=1S/C14H8Cl2N2O2S/c15-7-5-8(16)11-9(6-7)18-14(20)13(12(11)19)21-10-3-1-2-4-17-10/h1-6H,(H2,18,19,20). The second-order valence-electron chi connectivity index (χ2n) is 4.21. The molecule has 3 rings (SSSR count). The normalized spacial score (nSPS) is 11.0. The summed E-state index contributed by atoms with van der Waals surface area (Å²) < 4.78 is 0. The molecule has 0 unspecified atom stereocenters. The number of fused-ring (bicyclic) bond motifs is 1. The second-order valence-corrected chi connectivity index (χ2v) is 6.09. The molecule has 0 bridgehead atoms. The molecule has 0 aliphatic rings. The van der Waals surface area contributed by atoms with Gasteiger partial charge in [0.1, 0.15) is 15.7 Å². The van der Waals surface area contributed by atoms with Crippen molar-refractivity contribution in [3.05, 3.63) is 56.9 Å². The van der Waals surface area contributed by atoms with Gasteiger partial charge in [-0.1, -0.05) is 41.0 Å². The number of aromatic amines is 1. The number of H-pyrrole nitrogens is 1. The van der Waals surface area contributed by atoms with E-state index in [2.05, 4.69) is 9.97 Å². The highest BCUT2D eigenvalue weighted by molar-refractivity contribution is 7.99. The first-order chi connectivity index (χ1) is 10.1.